The number of nitrogens with zero attached hydrogens (tertiary/aromatic N) is 1. The summed E-state index contributed by atoms with van der Waals surface area (Å²) in [5.41, 5.74) is 1.07. The van der Waals surface area contributed by atoms with Crippen molar-refractivity contribution in [3.63, 3.8) is 0 Å². The molecule has 0 aromatic heterocycles. The van der Waals surface area contributed by atoms with E-state index in [1.165, 1.54) is 0 Å². The third-order valence-corrected chi connectivity index (χ3v) is 2.20. The van der Waals surface area contributed by atoms with Crippen molar-refractivity contribution in [3.05, 3.63) is 24.3 Å². The average Bonchev–Trinajstić information content (AvgIpc) is 2.24. The molecule has 0 saturated heterocycles. The van der Waals surface area contributed by atoms with Crippen LogP contribution in [-0.4, -0.2) is 39.2 Å². The van der Waals surface area contributed by atoms with Crippen LogP contribution in [0.25, 0.3) is 0 Å². The molecule has 84 valence electrons. The van der Waals surface area contributed by atoms with Crippen LogP contribution in [0.2, 0.25) is 0 Å². The number of hydrogen-bond donors (Lipinski definition) is 1. The van der Waals surface area contributed by atoms with Crippen molar-refractivity contribution in [3.8, 4) is 5.75 Å². The van der Waals surface area contributed by atoms with Crippen LogP contribution < -0.4 is 10.1 Å². The highest BCUT2D eigenvalue weighted by molar-refractivity contribution is 5.55. The Morgan fingerprint density at radius 3 is 2.67 bits per heavy atom. The molecule has 0 bridgehead atoms. The number of para-hydroxylation sites is 2. The second-order valence-corrected chi connectivity index (χ2v) is 3.78. The molecule has 1 rings (SSSR count). The van der Waals surface area contributed by atoms with Gasteiger partial charge in [-0.3, -0.25) is 0 Å². The first-order chi connectivity index (χ1) is 7.24. The number of methoxy groups -OCH3 is 1. The summed E-state index contributed by atoms with van der Waals surface area (Å²) in [4.78, 5) is 2.18. The van der Waals surface area contributed by atoms with Gasteiger partial charge in [-0.05, 0) is 39.2 Å². The van der Waals surface area contributed by atoms with Gasteiger partial charge in [0.1, 0.15) is 5.75 Å². The van der Waals surface area contributed by atoms with E-state index in [4.69, 9.17) is 4.74 Å². The fourth-order valence-corrected chi connectivity index (χ4v) is 1.41. The Labute approximate surface area is 92.0 Å². The highest BCUT2D eigenvalue weighted by Gasteiger charge is 1.99. The zero-order chi connectivity index (χ0) is 11.1. The molecule has 1 aromatic carbocycles. The minimum Gasteiger partial charge on any atom is -0.495 e. The van der Waals surface area contributed by atoms with E-state index in [9.17, 15) is 0 Å². The van der Waals surface area contributed by atoms with E-state index in [-0.39, 0.29) is 0 Å². The van der Waals surface area contributed by atoms with E-state index in [1.807, 2.05) is 24.3 Å². The van der Waals surface area contributed by atoms with Crippen LogP contribution in [0.1, 0.15) is 6.42 Å². The van der Waals surface area contributed by atoms with Crippen LogP contribution in [0.4, 0.5) is 5.69 Å². The third-order valence-electron chi connectivity index (χ3n) is 2.20. The van der Waals surface area contributed by atoms with E-state index in [0.29, 0.717) is 0 Å². The Morgan fingerprint density at radius 2 is 2.00 bits per heavy atom. The maximum atomic E-state index is 5.25. The summed E-state index contributed by atoms with van der Waals surface area (Å²) in [6.07, 6.45) is 1.13. The summed E-state index contributed by atoms with van der Waals surface area (Å²) in [6.45, 7) is 2.07. The summed E-state index contributed by atoms with van der Waals surface area (Å²) in [7, 11) is 5.87. The van der Waals surface area contributed by atoms with Gasteiger partial charge in [-0.1, -0.05) is 12.1 Å². The van der Waals surface area contributed by atoms with Crippen LogP contribution in [0.5, 0.6) is 5.75 Å². The molecule has 1 aromatic rings. The van der Waals surface area contributed by atoms with Gasteiger partial charge >= 0.3 is 0 Å². The molecule has 3 nitrogen and oxygen atoms in total. The number of benzene rings is 1. The van der Waals surface area contributed by atoms with Gasteiger partial charge in [0.05, 0.1) is 12.8 Å². The average molecular weight is 208 g/mol. The van der Waals surface area contributed by atoms with Crippen molar-refractivity contribution in [2.75, 3.05) is 39.6 Å². The van der Waals surface area contributed by atoms with Gasteiger partial charge in [-0.2, -0.15) is 0 Å². The minimum absolute atomic E-state index is 0.905. The molecule has 0 amide bonds. The minimum atomic E-state index is 0.905. The zero-order valence-electron chi connectivity index (χ0n) is 9.79. The van der Waals surface area contributed by atoms with Gasteiger partial charge in [-0.25, -0.2) is 0 Å². The molecule has 3 heteroatoms. The molecular formula is C12H20N2O. The van der Waals surface area contributed by atoms with Crippen LogP contribution in [0.3, 0.4) is 0 Å². The van der Waals surface area contributed by atoms with E-state index in [1.54, 1.807) is 7.11 Å². The first kappa shape index (κ1) is 11.9. The number of hydrogen-bond acceptors (Lipinski definition) is 3. The monoisotopic (exact) mass is 208 g/mol. The lowest BCUT2D eigenvalue weighted by molar-refractivity contribution is 0.404. The number of rotatable bonds is 6. The Bertz CT molecular complexity index is 287. The first-order valence-corrected chi connectivity index (χ1v) is 5.25. The molecule has 0 saturated carbocycles. The van der Waals surface area contributed by atoms with Gasteiger partial charge in [0, 0.05) is 6.54 Å². The van der Waals surface area contributed by atoms with Crippen molar-refractivity contribution in [2.45, 2.75) is 6.42 Å². The summed E-state index contributed by atoms with van der Waals surface area (Å²) in [5.74, 6) is 0.905. The smallest absolute Gasteiger partial charge is 0.141 e. The van der Waals surface area contributed by atoms with Gasteiger partial charge in [0.2, 0.25) is 0 Å². The number of ether oxygens (including phenoxy) is 1. The quantitative estimate of drug-likeness (QED) is 0.724. The summed E-state index contributed by atoms with van der Waals surface area (Å²) in [5, 5.41) is 3.37. The van der Waals surface area contributed by atoms with Crippen molar-refractivity contribution < 1.29 is 4.74 Å². The Kier molecular flexibility index (Phi) is 4.98. The van der Waals surface area contributed by atoms with E-state index in [2.05, 4.69) is 24.3 Å². The maximum Gasteiger partial charge on any atom is 0.141 e. The van der Waals surface area contributed by atoms with Crippen LogP contribution in [-0.2, 0) is 0 Å². The SMILES string of the molecule is COc1ccccc1NCCCN(C)C. The molecule has 0 atom stereocenters. The second-order valence-electron chi connectivity index (χ2n) is 3.78. The van der Waals surface area contributed by atoms with Crippen LogP contribution in [0, 0.1) is 0 Å². The maximum absolute atomic E-state index is 5.25. The summed E-state index contributed by atoms with van der Waals surface area (Å²) >= 11 is 0. The topological polar surface area (TPSA) is 24.5 Å². The fraction of sp³-hybridized carbons (Fsp3) is 0.500. The van der Waals surface area contributed by atoms with E-state index >= 15 is 0 Å². The lowest BCUT2D eigenvalue weighted by atomic mass is 10.3. The Morgan fingerprint density at radius 1 is 1.27 bits per heavy atom. The number of anilines is 1. The molecule has 0 radical (unpaired) electrons. The molecule has 0 unspecified atom stereocenters. The van der Waals surface area contributed by atoms with Gasteiger partial charge in [-0.15, -0.1) is 0 Å². The molecule has 1 N–H and O–H groups in total. The van der Waals surface area contributed by atoms with Crippen molar-refractivity contribution >= 4 is 5.69 Å². The standard InChI is InChI=1S/C12H20N2O/c1-14(2)10-6-9-13-11-7-4-5-8-12(11)15-3/h4-5,7-8,13H,6,9-10H2,1-3H3. The molecular weight excluding hydrogens is 188 g/mol. The molecule has 0 fully saturated rings. The van der Waals surface area contributed by atoms with Crippen molar-refractivity contribution in [2.24, 2.45) is 0 Å². The highest BCUT2D eigenvalue weighted by Crippen LogP contribution is 2.22. The molecule has 15 heavy (non-hydrogen) atoms. The molecule has 0 aliphatic carbocycles. The lowest BCUT2D eigenvalue weighted by Crippen LogP contribution is -2.16. The lowest BCUT2D eigenvalue weighted by Gasteiger charge is -2.12. The molecule has 0 heterocycles. The molecule has 0 spiro atoms. The predicted octanol–water partition coefficient (Wildman–Crippen LogP) is 2.06. The summed E-state index contributed by atoms with van der Waals surface area (Å²) < 4.78 is 5.25. The second kappa shape index (κ2) is 6.30. The number of nitrogens with one attached hydrogen (secondary N) is 1. The predicted molar refractivity (Wildman–Crippen MR) is 64.7 cm³/mol. The van der Waals surface area contributed by atoms with E-state index < -0.39 is 0 Å². The summed E-state index contributed by atoms with van der Waals surface area (Å²) in [6, 6.07) is 7.99. The normalized spacial score (nSPS) is 10.4. The van der Waals surface area contributed by atoms with Crippen LogP contribution in [0.15, 0.2) is 24.3 Å². The third kappa shape index (κ3) is 4.21. The van der Waals surface area contributed by atoms with Crippen molar-refractivity contribution in [1.82, 2.24) is 4.90 Å². The Hall–Kier alpha value is -1.22. The Balaban J connectivity index is 2.36. The highest BCUT2D eigenvalue weighted by atomic mass is 16.5. The van der Waals surface area contributed by atoms with E-state index in [0.717, 1.165) is 30.9 Å². The largest absolute Gasteiger partial charge is 0.495 e. The first-order valence-electron chi connectivity index (χ1n) is 5.25. The van der Waals surface area contributed by atoms with Gasteiger partial charge in [0.15, 0.2) is 0 Å². The zero-order valence-corrected chi connectivity index (χ0v) is 9.79. The van der Waals surface area contributed by atoms with Gasteiger partial charge < -0.3 is 15.0 Å². The molecule has 0 aliphatic rings. The van der Waals surface area contributed by atoms with Gasteiger partial charge in [0.25, 0.3) is 0 Å². The molecule has 0 aliphatic heterocycles. The van der Waals surface area contributed by atoms with Crippen LogP contribution >= 0.6 is 0 Å². The fourth-order valence-electron chi connectivity index (χ4n) is 1.41. The van der Waals surface area contributed by atoms with Crippen molar-refractivity contribution in [1.29, 1.82) is 0 Å².